The second-order valence-corrected chi connectivity index (χ2v) is 10.9. The molecule has 0 saturated carbocycles. The molecule has 4 heterocycles. The smallest absolute Gasteiger partial charge is 0.419 e. The summed E-state index contributed by atoms with van der Waals surface area (Å²) in [7, 11) is 3.74. The van der Waals surface area contributed by atoms with Gasteiger partial charge < -0.3 is 14.5 Å². The number of piperidine rings is 1. The van der Waals surface area contributed by atoms with Crippen molar-refractivity contribution in [2.45, 2.75) is 38.3 Å². The maximum absolute atomic E-state index is 14.0. The van der Waals surface area contributed by atoms with E-state index in [0.717, 1.165) is 44.8 Å². The third-order valence-electron chi connectivity index (χ3n) is 7.80. The van der Waals surface area contributed by atoms with Crippen LogP contribution in [0.2, 0.25) is 0 Å². The molecule has 1 aromatic heterocycles. The van der Waals surface area contributed by atoms with Crippen LogP contribution in [-0.2, 0) is 6.18 Å². The van der Waals surface area contributed by atoms with Gasteiger partial charge in [-0.15, -0.1) is 0 Å². The zero-order valence-electron chi connectivity index (χ0n) is 22.2. The molecule has 0 aliphatic carbocycles. The average Bonchev–Trinajstić information content (AvgIpc) is 3.56. The molecule has 0 radical (unpaired) electrons. The van der Waals surface area contributed by atoms with E-state index in [0.29, 0.717) is 36.8 Å². The van der Waals surface area contributed by atoms with Gasteiger partial charge in [-0.3, -0.25) is 4.48 Å². The molecule has 11 heteroatoms. The van der Waals surface area contributed by atoms with E-state index in [1.165, 1.54) is 6.07 Å². The Labute approximate surface area is 225 Å². The predicted molar refractivity (Wildman–Crippen MR) is 142 cm³/mol. The monoisotopic (exact) mass is 541 g/mol. The van der Waals surface area contributed by atoms with Gasteiger partial charge in [-0.25, -0.2) is 9.78 Å². The van der Waals surface area contributed by atoms with Crippen molar-refractivity contribution in [3.05, 3.63) is 35.5 Å². The van der Waals surface area contributed by atoms with Gasteiger partial charge in [0.05, 0.1) is 32.0 Å². The van der Waals surface area contributed by atoms with Crippen molar-refractivity contribution in [2.24, 2.45) is 10.9 Å². The number of amides is 2. The Hall–Kier alpha value is -3.65. The van der Waals surface area contributed by atoms with E-state index in [9.17, 15) is 23.2 Å². The van der Waals surface area contributed by atoms with Gasteiger partial charge in [0.25, 0.3) is 0 Å². The molecule has 2 amide bonds. The summed E-state index contributed by atoms with van der Waals surface area (Å²) in [5, 5.41) is 9.55. The van der Waals surface area contributed by atoms with Crippen molar-refractivity contribution in [1.82, 2.24) is 19.3 Å². The number of ether oxygens (including phenoxy) is 1. The number of nitrogens with zero attached hydrogens (tertiary/aromatic N) is 6. The van der Waals surface area contributed by atoms with Crippen LogP contribution >= 0.6 is 0 Å². The molecular formula is C28H32F3N6O2+. The minimum atomic E-state index is -4.63. The van der Waals surface area contributed by atoms with Crippen molar-refractivity contribution in [1.29, 1.82) is 5.26 Å². The van der Waals surface area contributed by atoms with Crippen LogP contribution in [0.5, 0.6) is 5.75 Å². The molecule has 0 bridgehead atoms. The van der Waals surface area contributed by atoms with Gasteiger partial charge in [-0.05, 0) is 56.2 Å². The lowest BCUT2D eigenvalue weighted by Crippen LogP contribution is -2.45. The van der Waals surface area contributed by atoms with Gasteiger partial charge in [0.15, 0.2) is 23.4 Å². The van der Waals surface area contributed by atoms with Gasteiger partial charge in [-0.1, -0.05) is 0 Å². The molecule has 5 rings (SSSR count). The third kappa shape index (κ3) is 5.57. The highest BCUT2D eigenvalue weighted by Gasteiger charge is 2.36. The molecule has 3 aliphatic rings. The zero-order chi connectivity index (χ0) is 27.8. The molecular weight excluding hydrogens is 509 g/mol. The fourth-order valence-electron chi connectivity index (χ4n) is 5.48. The number of hydrogen-bond donors (Lipinski definition) is 0. The van der Waals surface area contributed by atoms with Crippen LogP contribution in [-0.4, -0.2) is 74.0 Å². The summed E-state index contributed by atoms with van der Waals surface area (Å²) in [5.41, 5.74) is 0.846. The van der Waals surface area contributed by atoms with Crippen molar-refractivity contribution < 1.29 is 22.7 Å². The molecule has 1 aromatic carbocycles. The Morgan fingerprint density at radius 3 is 2.49 bits per heavy atom. The SMILES string of the molecule is C[N+]1(C)C=Nc2c1cc(-c1ccc(OCCC3CCN(C(=O)N4CCCC4)CC3)c(C(F)(F)F)c1)nc2C#N. The van der Waals surface area contributed by atoms with Crippen LogP contribution in [0.4, 0.5) is 29.3 Å². The molecule has 8 nitrogen and oxygen atoms in total. The van der Waals surface area contributed by atoms with E-state index in [4.69, 9.17) is 4.74 Å². The van der Waals surface area contributed by atoms with Gasteiger partial charge in [0, 0.05) is 37.8 Å². The number of benzene rings is 1. The largest absolute Gasteiger partial charge is 0.493 e. The average molecular weight is 542 g/mol. The lowest BCUT2D eigenvalue weighted by atomic mass is 9.94. The highest BCUT2D eigenvalue weighted by molar-refractivity contribution is 5.91. The molecule has 2 saturated heterocycles. The topological polar surface area (TPSA) is 81.8 Å². The van der Waals surface area contributed by atoms with Crippen LogP contribution < -0.4 is 9.22 Å². The Bertz CT molecular complexity index is 1320. The summed E-state index contributed by atoms with van der Waals surface area (Å²) in [6.45, 7) is 3.13. The first kappa shape index (κ1) is 26.9. The Kier molecular flexibility index (Phi) is 7.25. The maximum atomic E-state index is 14.0. The molecule has 0 atom stereocenters. The lowest BCUT2D eigenvalue weighted by Gasteiger charge is -2.34. The summed E-state index contributed by atoms with van der Waals surface area (Å²) < 4.78 is 48.1. The fraction of sp³-hybridized carbons (Fsp3) is 0.500. The van der Waals surface area contributed by atoms with E-state index in [1.807, 2.05) is 30.0 Å². The number of carbonyl (C=O) groups is 1. The van der Waals surface area contributed by atoms with Crippen molar-refractivity contribution in [2.75, 3.05) is 46.9 Å². The fourth-order valence-corrected chi connectivity index (χ4v) is 5.48. The number of nitriles is 1. The standard InChI is InChI=1S/C28H32F3N6O2/c1-37(2)18-33-26-23(17-32)34-22(16-24(26)37)20-5-6-25(21(15-20)28(29,30)31)39-14-9-19-7-12-36(13-8-19)27(38)35-10-3-4-11-35/h5-6,15-16,18-19H,3-4,7-14H2,1-2H3/q+1. The molecule has 3 aliphatic heterocycles. The first-order chi connectivity index (χ1) is 18.6. The minimum absolute atomic E-state index is 0.0736. The predicted octanol–water partition coefficient (Wildman–Crippen LogP) is 5.58. The van der Waals surface area contributed by atoms with E-state index in [2.05, 4.69) is 9.98 Å². The van der Waals surface area contributed by atoms with Crippen molar-refractivity contribution in [3.8, 4) is 23.1 Å². The van der Waals surface area contributed by atoms with E-state index >= 15 is 0 Å². The van der Waals surface area contributed by atoms with Crippen LogP contribution in [0.3, 0.4) is 0 Å². The highest BCUT2D eigenvalue weighted by atomic mass is 19.4. The highest BCUT2D eigenvalue weighted by Crippen LogP contribution is 2.42. The number of pyridine rings is 1. The summed E-state index contributed by atoms with van der Waals surface area (Å²) in [4.78, 5) is 24.9. The summed E-state index contributed by atoms with van der Waals surface area (Å²) in [6.07, 6.45) is 1.39. The lowest BCUT2D eigenvalue weighted by molar-refractivity contribution is -0.138. The summed E-state index contributed by atoms with van der Waals surface area (Å²) in [5.74, 6) is 0.0685. The van der Waals surface area contributed by atoms with Crippen LogP contribution in [0.1, 0.15) is 43.4 Å². The normalized spacial score (nSPS) is 18.8. The molecule has 0 unspecified atom stereocenters. The number of urea groups is 1. The van der Waals surface area contributed by atoms with Crippen molar-refractivity contribution >= 4 is 23.7 Å². The molecule has 0 spiro atoms. The molecule has 0 N–H and O–H groups in total. The summed E-state index contributed by atoms with van der Waals surface area (Å²) >= 11 is 0. The number of hydrogen-bond acceptors (Lipinski definition) is 5. The number of fused-ring (bicyclic) bond motifs is 1. The number of quaternary nitrogens is 1. The van der Waals surface area contributed by atoms with Crippen LogP contribution in [0.25, 0.3) is 11.3 Å². The number of rotatable bonds is 5. The molecule has 206 valence electrons. The van der Waals surface area contributed by atoms with E-state index < -0.39 is 11.7 Å². The second kappa shape index (κ2) is 10.5. The molecule has 2 fully saturated rings. The van der Waals surface area contributed by atoms with E-state index in [-0.39, 0.29) is 39.8 Å². The number of likely N-dealkylation sites (tertiary alicyclic amines) is 2. The molecule has 39 heavy (non-hydrogen) atoms. The van der Waals surface area contributed by atoms with Gasteiger partial charge in [-0.2, -0.15) is 23.4 Å². The van der Waals surface area contributed by atoms with Gasteiger partial charge >= 0.3 is 12.2 Å². The summed E-state index contributed by atoms with van der Waals surface area (Å²) in [6, 6.07) is 7.69. The number of aliphatic imine (C=N–C) groups is 1. The van der Waals surface area contributed by atoms with Crippen LogP contribution in [0, 0.1) is 17.2 Å². The third-order valence-corrected chi connectivity index (χ3v) is 7.80. The number of aromatic nitrogens is 1. The Morgan fingerprint density at radius 1 is 1.13 bits per heavy atom. The van der Waals surface area contributed by atoms with Gasteiger partial charge in [0.2, 0.25) is 0 Å². The Morgan fingerprint density at radius 2 is 1.82 bits per heavy atom. The first-order valence-corrected chi connectivity index (χ1v) is 13.3. The second-order valence-electron chi connectivity index (χ2n) is 10.9. The first-order valence-electron chi connectivity index (χ1n) is 13.3. The zero-order valence-corrected chi connectivity index (χ0v) is 22.2. The minimum Gasteiger partial charge on any atom is -0.493 e. The van der Waals surface area contributed by atoms with Gasteiger partial charge in [0.1, 0.15) is 11.8 Å². The van der Waals surface area contributed by atoms with E-state index in [1.54, 1.807) is 18.5 Å². The Balaban J connectivity index is 1.25. The molecule has 2 aromatic rings. The quantitative estimate of drug-likeness (QED) is 0.463. The van der Waals surface area contributed by atoms with Crippen LogP contribution in [0.15, 0.2) is 29.3 Å². The van der Waals surface area contributed by atoms with Crippen molar-refractivity contribution in [3.63, 3.8) is 0 Å². The maximum Gasteiger partial charge on any atom is 0.419 e. The number of carbonyl (C=O) groups excluding carboxylic acids is 1. The number of halogens is 3. The number of alkyl halides is 3.